The third kappa shape index (κ3) is 3.17. The molecule has 106 valence electrons. The first kappa shape index (κ1) is 14.9. The van der Waals surface area contributed by atoms with Gasteiger partial charge in [0.15, 0.2) is 0 Å². The number of hydrogen-bond donors (Lipinski definition) is 0. The van der Waals surface area contributed by atoms with Crippen LogP contribution in [0.1, 0.15) is 59.3 Å². The van der Waals surface area contributed by atoms with E-state index >= 15 is 0 Å². The Morgan fingerprint density at radius 2 is 2.21 bits per heavy atom. The van der Waals surface area contributed by atoms with Gasteiger partial charge in [-0.1, -0.05) is 38.4 Å². The van der Waals surface area contributed by atoms with E-state index in [0.29, 0.717) is 12.0 Å². The maximum atomic E-state index is 6.44. The highest BCUT2D eigenvalue weighted by Gasteiger charge is 2.39. The molecule has 19 heavy (non-hydrogen) atoms. The van der Waals surface area contributed by atoms with E-state index in [0.717, 1.165) is 5.92 Å². The van der Waals surface area contributed by atoms with Crippen molar-refractivity contribution in [1.82, 2.24) is 4.90 Å². The second-order valence-electron chi connectivity index (χ2n) is 6.94. The monoisotopic (exact) mass is 260 g/mol. The number of likely N-dealkylation sites (tertiary alicyclic amines) is 1. The maximum Gasteiger partial charge on any atom is 0.102 e. The van der Waals surface area contributed by atoms with E-state index in [-0.39, 0.29) is 5.31 Å². The van der Waals surface area contributed by atoms with Crippen molar-refractivity contribution in [2.75, 3.05) is 13.6 Å². The Labute approximate surface area is 120 Å². The Bertz CT molecular complexity index is 338. The van der Waals surface area contributed by atoms with E-state index in [1.807, 2.05) is 7.05 Å². The molecule has 1 saturated heterocycles. The number of rotatable bonds is 2. The summed E-state index contributed by atoms with van der Waals surface area (Å²) >= 11 is 0. The lowest BCUT2D eigenvalue weighted by Gasteiger charge is -2.44. The van der Waals surface area contributed by atoms with Crippen LogP contribution in [0.5, 0.6) is 0 Å². The minimum atomic E-state index is 0.0385. The summed E-state index contributed by atoms with van der Waals surface area (Å²) in [6.07, 6.45) is 7.36. The smallest absolute Gasteiger partial charge is 0.102 e. The molecule has 1 heterocycles. The van der Waals surface area contributed by atoms with Crippen molar-refractivity contribution >= 4 is 13.7 Å². The Balaban J connectivity index is 2.19. The second-order valence-corrected chi connectivity index (χ2v) is 6.94. The molecule has 2 nitrogen and oxygen atoms in total. The Morgan fingerprint density at radius 1 is 1.47 bits per heavy atom. The molecule has 1 saturated carbocycles. The Morgan fingerprint density at radius 3 is 2.84 bits per heavy atom. The molecule has 0 aromatic rings. The zero-order valence-electron chi connectivity index (χ0n) is 13.2. The molecule has 2 radical (unpaired) electrons. The molecule has 0 aromatic heterocycles. The van der Waals surface area contributed by atoms with E-state index in [9.17, 15) is 0 Å². The molecule has 0 N–H and O–H groups in total. The predicted octanol–water partition coefficient (Wildman–Crippen LogP) is 3.67. The summed E-state index contributed by atoms with van der Waals surface area (Å²) in [6.45, 7) is 8.00. The summed E-state index contributed by atoms with van der Waals surface area (Å²) in [4.78, 5) is 7.23. The third-order valence-electron chi connectivity index (χ3n) is 5.28. The molecule has 0 spiro atoms. The van der Waals surface area contributed by atoms with Crippen LogP contribution in [-0.2, 0) is 0 Å². The second kappa shape index (κ2) is 5.89. The first-order chi connectivity index (χ1) is 8.98. The molecule has 1 aliphatic carbocycles. The quantitative estimate of drug-likeness (QED) is 0.692. The minimum absolute atomic E-state index is 0.0385. The molecule has 4 unspecified atom stereocenters. The van der Waals surface area contributed by atoms with Gasteiger partial charge in [-0.3, -0.25) is 4.99 Å². The first-order valence-electron chi connectivity index (χ1n) is 8.00. The number of amidine groups is 1. The highest BCUT2D eigenvalue weighted by atomic mass is 15.2. The predicted molar refractivity (Wildman–Crippen MR) is 84.0 cm³/mol. The van der Waals surface area contributed by atoms with Gasteiger partial charge < -0.3 is 4.90 Å². The molecule has 4 atom stereocenters. The van der Waals surface area contributed by atoms with E-state index in [1.54, 1.807) is 0 Å². The van der Waals surface area contributed by atoms with Gasteiger partial charge in [-0.2, -0.15) is 0 Å². The Hall–Kier alpha value is -0.465. The van der Waals surface area contributed by atoms with E-state index in [4.69, 9.17) is 7.85 Å². The zero-order valence-corrected chi connectivity index (χ0v) is 13.2. The fourth-order valence-electron chi connectivity index (χ4n) is 4.04. The summed E-state index contributed by atoms with van der Waals surface area (Å²) in [6, 6.07) is 0.618. The van der Waals surface area contributed by atoms with Crippen LogP contribution in [0.4, 0.5) is 0 Å². The summed E-state index contributed by atoms with van der Waals surface area (Å²) in [7, 11) is 8.41. The fourth-order valence-corrected chi connectivity index (χ4v) is 4.04. The maximum absolute atomic E-state index is 6.44. The lowest BCUT2D eigenvalue weighted by atomic mass is 9.62. The van der Waals surface area contributed by atoms with Gasteiger partial charge >= 0.3 is 0 Å². The molecule has 0 bridgehead atoms. The van der Waals surface area contributed by atoms with Crippen LogP contribution < -0.4 is 0 Å². The van der Waals surface area contributed by atoms with Gasteiger partial charge in [0, 0.05) is 25.6 Å². The van der Waals surface area contributed by atoms with E-state index < -0.39 is 0 Å². The lowest BCUT2D eigenvalue weighted by Crippen LogP contribution is -2.49. The van der Waals surface area contributed by atoms with Crippen molar-refractivity contribution in [2.24, 2.45) is 16.8 Å². The number of piperidine rings is 1. The number of aliphatic imine (C=N–C) groups is 1. The molecule has 1 aliphatic heterocycles. The average molecular weight is 260 g/mol. The van der Waals surface area contributed by atoms with Gasteiger partial charge in [0.25, 0.3) is 0 Å². The van der Waals surface area contributed by atoms with Gasteiger partial charge in [0.2, 0.25) is 0 Å². The number of fused-ring (bicyclic) bond motifs is 1. The van der Waals surface area contributed by atoms with Crippen LogP contribution in [0.15, 0.2) is 4.99 Å². The molecule has 2 fully saturated rings. The standard InChI is InChI=1S/C16H29BN2/c1-5-12(2)19-10-8-13-11-16(3,17)9-6-7-14(13)15(19)18-4/h12-14H,5-11H2,1-4H3. The molecule has 0 amide bonds. The highest BCUT2D eigenvalue weighted by Crippen LogP contribution is 2.46. The van der Waals surface area contributed by atoms with E-state index in [1.165, 1.54) is 50.9 Å². The average Bonchev–Trinajstić information content (AvgIpc) is 2.53. The molecule has 0 aromatic carbocycles. The van der Waals surface area contributed by atoms with Crippen LogP contribution in [0, 0.1) is 11.8 Å². The summed E-state index contributed by atoms with van der Waals surface area (Å²) in [5, 5.41) is 0.0385. The van der Waals surface area contributed by atoms with Crippen LogP contribution in [-0.4, -0.2) is 38.2 Å². The minimum Gasteiger partial charge on any atom is -0.357 e. The van der Waals surface area contributed by atoms with Crippen LogP contribution in [0.2, 0.25) is 5.31 Å². The lowest BCUT2D eigenvalue weighted by molar-refractivity contribution is 0.201. The van der Waals surface area contributed by atoms with E-state index in [2.05, 4.69) is 30.7 Å². The zero-order chi connectivity index (χ0) is 14.0. The van der Waals surface area contributed by atoms with Crippen molar-refractivity contribution in [1.29, 1.82) is 0 Å². The fraction of sp³-hybridized carbons (Fsp3) is 0.938. The molecule has 3 heteroatoms. The number of hydrogen-bond acceptors (Lipinski definition) is 1. The summed E-state index contributed by atoms with van der Waals surface area (Å²) < 4.78 is 0. The largest absolute Gasteiger partial charge is 0.357 e. The van der Waals surface area contributed by atoms with Gasteiger partial charge in [0.05, 0.1) is 7.85 Å². The third-order valence-corrected chi connectivity index (χ3v) is 5.28. The van der Waals surface area contributed by atoms with Gasteiger partial charge in [-0.25, -0.2) is 0 Å². The molecular weight excluding hydrogens is 231 g/mol. The van der Waals surface area contributed by atoms with Crippen LogP contribution in [0.25, 0.3) is 0 Å². The normalized spacial score (nSPS) is 39.8. The van der Waals surface area contributed by atoms with Gasteiger partial charge in [0.1, 0.15) is 5.84 Å². The van der Waals surface area contributed by atoms with Crippen LogP contribution in [0.3, 0.4) is 0 Å². The highest BCUT2D eigenvalue weighted by molar-refractivity contribution is 6.14. The SMILES string of the molecule is [B]C1(C)CCCC2C(=NC)N(C(C)CC)CCC2C1. The molecule has 2 aliphatic rings. The summed E-state index contributed by atoms with van der Waals surface area (Å²) in [5.74, 6) is 2.76. The van der Waals surface area contributed by atoms with Crippen molar-refractivity contribution in [3.05, 3.63) is 0 Å². The molecule has 2 rings (SSSR count). The summed E-state index contributed by atoms with van der Waals surface area (Å²) in [5.41, 5.74) is 0. The van der Waals surface area contributed by atoms with Crippen molar-refractivity contribution in [3.63, 3.8) is 0 Å². The first-order valence-corrected chi connectivity index (χ1v) is 8.00. The van der Waals surface area contributed by atoms with Gasteiger partial charge in [-0.05, 0) is 32.1 Å². The molecular formula is C16H29BN2. The van der Waals surface area contributed by atoms with Crippen molar-refractivity contribution in [2.45, 2.75) is 70.7 Å². The number of nitrogens with zero attached hydrogens (tertiary/aromatic N) is 2. The topological polar surface area (TPSA) is 15.6 Å². The van der Waals surface area contributed by atoms with Gasteiger partial charge in [-0.15, -0.1) is 0 Å². The Kier molecular flexibility index (Phi) is 4.63. The van der Waals surface area contributed by atoms with Crippen molar-refractivity contribution < 1.29 is 0 Å². The van der Waals surface area contributed by atoms with Crippen LogP contribution >= 0.6 is 0 Å². The van der Waals surface area contributed by atoms with Crippen molar-refractivity contribution in [3.8, 4) is 0 Å².